The zero-order chi connectivity index (χ0) is 30.3. The minimum Gasteiger partial charge on any atom is -0.405 e. The first-order valence-electron chi connectivity index (χ1n) is 14.1. The molecular weight excluding hydrogens is 550 g/mol. The minimum atomic E-state index is -2.87. The van der Waals surface area contributed by atoms with E-state index in [-0.39, 0.29) is 42.6 Å². The molecule has 2 aromatic carbocycles. The Bertz CT molecular complexity index is 1500. The quantitative estimate of drug-likeness (QED) is 0.274. The molecule has 0 amide bonds. The summed E-state index contributed by atoms with van der Waals surface area (Å²) in [6.07, 6.45) is 0.254. The third-order valence-electron chi connectivity index (χ3n) is 7.45. The standard InChI is InChI=1S/C32H39N3O6Si/c1-23(36)17-19-39-27-20-29(35-21-24(12-11-18-33)30(37)34-31(35)38)41-28(27)22-40-42(32(2,3)4,25-13-7-5-8-14-25)26-15-9-6-10-16-26/h5-10,13-16,21,27-29H,17-20,22,33H2,1-4H3,(H,34,37,38)/t27?,28-,29-/m1/s1. The molecule has 2 heterocycles. The second-order valence-electron chi connectivity index (χ2n) is 11.4. The van der Waals surface area contributed by atoms with Crippen LogP contribution in [0.2, 0.25) is 5.04 Å². The van der Waals surface area contributed by atoms with Gasteiger partial charge in [0.2, 0.25) is 0 Å². The van der Waals surface area contributed by atoms with Gasteiger partial charge in [-0.25, -0.2) is 4.79 Å². The van der Waals surface area contributed by atoms with Crippen molar-refractivity contribution < 1.29 is 18.7 Å². The number of aromatic amines is 1. The van der Waals surface area contributed by atoms with Crippen LogP contribution in [0.5, 0.6) is 0 Å². The highest BCUT2D eigenvalue weighted by atomic mass is 28.4. The number of hydrogen-bond acceptors (Lipinski definition) is 7. The average Bonchev–Trinajstić information content (AvgIpc) is 3.35. The van der Waals surface area contributed by atoms with E-state index in [2.05, 4.69) is 61.9 Å². The topological polar surface area (TPSA) is 126 Å². The van der Waals surface area contributed by atoms with Crippen LogP contribution in [0.4, 0.5) is 0 Å². The van der Waals surface area contributed by atoms with E-state index in [1.165, 1.54) is 17.7 Å². The van der Waals surface area contributed by atoms with Crippen LogP contribution in [-0.2, 0) is 18.7 Å². The molecule has 42 heavy (non-hydrogen) atoms. The molecule has 3 atom stereocenters. The van der Waals surface area contributed by atoms with Gasteiger partial charge in [0, 0.05) is 19.0 Å². The van der Waals surface area contributed by atoms with Crippen LogP contribution < -0.4 is 27.4 Å². The number of ether oxygens (including phenoxy) is 2. The molecule has 0 spiro atoms. The van der Waals surface area contributed by atoms with Crippen LogP contribution in [0.3, 0.4) is 0 Å². The van der Waals surface area contributed by atoms with Crippen molar-refractivity contribution >= 4 is 24.5 Å². The molecule has 1 aliphatic rings. The van der Waals surface area contributed by atoms with Crippen molar-refractivity contribution in [2.75, 3.05) is 19.8 Å². The molecule has 1 aliphatic heterocycles. The number of carbonyl (C=O) groups excluding carboxylic acids is 1. The number of benzene rings is 2. The molecule has 10 heteroatoms. The summed E-state index contributed by atoms with van der Waals surface area (Å²) >= 11 is 0. The fourth-order valence-electron chi connectivity index (χ4n) is 5.45. The lowest BCUT2D eigenvalue weighted by Gasteiger charge is -2.43. The number of ketones is 1. The van der Waals surface area contributed by atoms with E-state index < -0.39 is 38.0 Å². The van der Waals surface area contributed by atoms with E-state index >= 15 is 0 Å². The maximum Gasteiger partial charge on any atom is 0.330 e. The van der Waals surface area contributed by atoms with E-state index in [4.69, 9.17) is 19.6 Å². The van der Waals surface area contributed by atoms with Gasteiger partial charge in [-0.3, -0.25) is 19.1 Å². The maximum atomic E-state index is 12.8. The highest BCUT2D eigenvalue weighted by Gasteiger charge is 2.51. The lowest BCUT2D eigenvalue weighted by molar-refractivity contribution is -0.119. The van der Waals surface area contributed by atoms with Gasteiger partial charge in [0.05, 0.1) is 25.9 Å². The number of nitrogens with two attached hydrogens (primary N) is 1. The highest BCUT2D eigenvalue weighted by Crippen LogP contribution is 2.38. The number of nitrogens with zero attached hydrogens (tertiary/aromatic N) is 1. The molecule has 1 unspecified atom stereocenters. The van der Waals surface area contributed by atoms with Crippen LogP contribution in [0.15, 0.2) is 76.4 Å². The number of H-pyrrole nitrogens is 1. The molecule has 0 saturated carbocycles. The molecule has 4 rings (SSSR count). The highest BCUT2D eigenvalue weighted by molar-refractivity contribution is 6.99. The molecule has 222 valence electrons. The van der Waals surface area contributed by atoms with Crippen molar-refractivity contribution in [1.82, 2.24) is 9.55 Å². The van der Waals surface area contributed by atoms with Crippen molar-refractivity contribution in [2.45, 2.75) is 64.0 Å². The van der Waals surface area contributed by atoms with Crippen molar-refractivity contribution in [3.8, 4) is 11.8 Å². The second kappa shape index (κ2) is 13.6. The molecule has 1 saturated heterocycles. The van der Waals surface area contributed by atoms with Crippen molar-refractivity contribution in [3.63, 3.8) is 0 Å². The summed E-state index contributed by atoms with van der Waals surface area (Å²) < 4.78 is 21.0. The number of hydrogen-bond donors (Lipinski definition) is 2. The predicted octanol–water partition coefficient (Wildman–Crippen LogP) is 2.08. The fraction of sp³-hybridized carbons (Fsp3) is 0.406. The summed E-state index contributed by atoms with van der Waals surface area (Å²) in [4.78, 5) is 39.1. The molecule has 9 nitrogen and oxygen atoms in total. The summed E-state index contributed by atoms with van der Waals surface area (Å²) in [6.45, 7) is 8.61. The summed E-state index contributed by atoms with van der Waals surface area (Å²) in [5.74, 6) is 5.38. The Morgan fingerprint density at radius 2 is 1.71 bits per heavy atom. The van der Waals surface area contributed by atoms with Gasteiger partial charge in [-0.2, -0.15) is 0 Å². The molecule has 1 fully saturated rings. The minimum absolute atomic E-state index is 0.0190. The number of carbonyl (C=O) groups is 1. The first-order valence-corrected chi connectivity index (χ1v) is 16.0. The van der Waals surface area contributed by atoms with Crippen LogP contribution in [0, 0.1) is 11.8 Å². The lowest BCUT2D eigenvalue weighted by Crippen LogP contribution is -2.67. The van der Waals surface area contributed by atoms with Crippen molar-refractivity contribution in [1.29, 1.82) is 0 Å². The zero-order valence-electron chi connectivity index (χ0n) is 24.6. The van der Waals surface area contributed by atoms with Crippen LogP contribution in [0.25, 0.3) is 0 Å². The van der Waals surface area contributed by atoms with Gasteiger partial charge in [-0.05, 0) is 22.3 Å². The average molecular weight is 590 g/mol. The number of nitrogens with one attached hydrogen (secondary N) is 1. The summed E-state index contributed by atoms with van der Waals surface area (Å²) in [5.41, 5.74) is 4.39. The smallest absolute Gasteiger partial charge is 0.330 e. The van der Waals surface area contributed by atoms with E-state index in [1.807, 2.05) is 36.4 Å². The number of aromatic nitrogens is 2. The van der Waals surface area contributed by atoms with Gasteiger partial charge in [-0.15, -0.1) is 0 Å². The number of rotatable bonds is 10. The first kappa shape index (κ1) is 31.3. The van der Waals surface area contributed by atoms with Gasteiger partial charge in [0.25, 0.3) is 13.9 Å². The zero-order valence-corrected chi connectivity index (χ0v) is 25.6. The fourth-order valence-corrected chi connectivity index (χ4v) is 10.0. The molecular formula is C32H39N3O6Si. The van der Waals surface area contributed by atoms with Crippen molar-refractivity contribution in [3.05, 3.63) is 93.3 Å². The van der Waals surface area contributed by atoms with Gasteiger partial charge in [0.15, 0.2) is 0 Å². The Labute approximate surface area is 247 Å². The Morgan fingerprint density at radius 1 is 1.10 bits per heavy atom. The monoisotopic (exact) mass is 589 g/mol. The van der Waals surface area contributed by atoms with Gasteiger partial charge in [0.1, 0.15) is 23.7 Å². The first-order chi connectivity index (χ1) is 20.1. The van der Waals surface area contributed by atoms with Gasteiger partial charge in [-0.1, -0.05) is 93.3 Å². The predicted molar refractivity (Wildman–Crippen MR) is 164 cm³/mol. The van der Waals surface area contributed by atoms with Crippen LogP contribution in [0.1, 0.15) is 52.3 Å². The third kappa shape index (κ3) is 6.89. The van der Waals surface area contributed by atoms with Crippen LogP contribution in [-0.4, -0.2) is 55.6 Å². The Balaban J connectivity index is 1.70. The third-order valence-corrected chi connectivity index (χ3v) is 12.5. The van der Waals surface area contributed by atoms with E-state index in [0.717, 1.165) is 10.4 Å². The molecule has 3 aromatic rings. The second-order valence-corrected chi connectivity index (χ2v) is 15.7. The van der Waals surface area contributed by atoms with E-state index in [9.17, 15) is 14.4 Å². The molecule has 0 aliphatic carbocycles. The molecule has 3 N–H and O–H groups in total. The van der Waals surface area contributed by atoms with Crippen LogP contribution >= 0.6 is 0 Å². The molecule has 0 bridgehead atoms. The van der Waals surface area contributed by atoms with E-state index in [0.29, 0.717) is 6.42 Å². The summed E-state index contributed by atoms with van der Waals surface area (Å²) in [7, 11) is -2.87. The Hall–Kier alpha value is -3.59. The SMILES string of the molecule is CC(=O)CCOC1C[C@H](n2cc(C#CCN)c(=O)[nH]c2=O)O[C@@H]1CO[Si](c1ccccc1)(c1ccccc1)C(C)(C)C. The Kier molecular flexibility index (Phi) is 10.1. The largest absolute Gasteiger partial charge is 0.405 e. The molecule has 1 aromatic heterocycles. The number of Topliss-reactive ketones (excluding diaryl/α,β-unsaturated/α-hetero) is 1. The maximum absolute atomic E-state index is 12.8. The van der Waals surface area contributed by atoms with Crippen molar-refractivity contribution in [2.24, 2.45) is 5.73 Å². The lowest BCUT2D eigenvalue weighted by atomic mass is 10.2. The summed E-state index contributed by atoms with van der Waals surface area (Å²) in [5, 5.41) is 2.02. The van der Waals surface area contributed by atoms with E-state index in [1.54, 1.807) is 0 Å². The van der Waals surface area contributed by atoms with Gasteiger partial charge >= 0.3 is 5.69 Å². The normalized spacial score (nSPS) is 18.8. The summed E-state index contributed by atoms with van der Waals surface area (Å²) in [6, 6.07) is 20.6. The van der Waals surface area contributed by atoms with Gasteiger partial charge < -0.3 is 19.6 Å². The Morgan fingerprint density at radius 3 is 2.26 bits per heavy atom. The molecule has 0 radical (unpaired) electrons.